The summed E-state index contributed by atoms with van der Waals surface area (Å²) in [6, 6.07) is 11.5. The smallest absolute Gasteiger partial charge is 0.295 e. The number of ketones is 1. The molecule has 0 radical (unpaired) electrons. The lowest BCUT2D eigenvalue weighted by molar-refractivity contribution is -0.140. The molecule has 0 aromatic heterocycles. The fraction of sp³-hybridized carbons (Fsp3) is 0.360. The summed E-state index contributed by atoms with van der Waals surface area (Å²) in [5, 5.41) is 11.0. The highest BCUT2D eigenvalue weighted by atomic mass is 19.1. The van der Waals surface area contributed by atoms with Crippen molar-refractivity contribution in [2.24, 2.45) is 0 Å². The van der Waals surface area contributed by atoms with Crippen LogP contribution in [0, 0.1) is 5.82 Å². The van der Waals surface area contributed by atoms with Crippen LogP contribution in [-0.4, -0.2) is 59.9 Å². The van der Waals surface area contributed by atoms with Crippen molar-refractivity contribution in [2.75, 3.05) is 33.3 Å². The van der Waals surface area contributed by atoms with Crippen LogP contribution in [0.4, 0.5) is 4.39 Å². The number of Topliss-reactive ketones (excluding diaryl/α,β-unsaturated/α-hetero) is 1. The van der Waals surface area contributed by atoms with Crippen LogP contribution < -0.4 is 4.74 Å². The second-order valence-electron chi connectivity index (χ2n) is 7.65. The zero-order valence-electron chi connectivity index (χ0n) is 18.7. The number of likely N-dealkylation sites (tertiary alicyclic amines) is 1. The van der Waals surface area contributed by atoms with E-state index in [1.54, 1.807) is 36.4 Å². The van der Waals surface area contributed by atoms with Crippen molar-refractivity contribution in [3.8, 4) is 5.75 Å². The number of carbonyl (C=O) groups excluding carboxylic acids is 2. The summed E-state index contributed by atoms with van der Waals surface area (Å²) in [6.07, 6.45) is 0.676. The summed E-state index contributed by atoms with van der Waals surface area (Å²) in [7, 11) is 1.53. The van der Waals surface area contributed by atoms with Crippen LogP contribution in [0.15, 0.2) is 54.1 Å². The monoisotopic (exact) mass is 440 g/mol. The lowest BCUT2D eigenvalue weighted by Gasteiger charge is -2.26. The molecule has 2 aromatic carbocycles. The molecule has 1 aliphatic heterocycles. The van der Waals surface area contributed by atoms with Gasteiger partial charge < -0.3 is 19.6 Å². The first kappa shape index (κ1) is 23.5. The number of benzene rings is 2. The van der Waals surface area contributed by atoms with E-state index in [9.17, 15) is 19.1 Å². The fourth-order valence-electron chi connectivity index (χ4n) is 4.01. The van der Waals surface area contributed by atoms with Crippen molar-refractivity contribution >= 4 is 17.4 Å². The van der Waals surface area contributed by atoms with Crippen molar-refractivity contribution in [2.45, 2.75) is 26.3 Å². The van der Waals surface area contributed by atoms with Crippen LogP contribution in [0.25, 0.3) is 5.76 Å². The maximum absolute atomic E-state index is 13.6. The number of ether oxygens (including phenoxy) is 1. The van der Waals surface area contributed by atoms with E-state index in [-0.39, 0.29) is 11.3 Å². The Labute approximate surface area is 187 Å². The molecule has 0 aliphatic carbocycles. The fourth-order valence-corrected chi connectivity index (χ4v) is 4.01. The normalized spacial score (nSPS) is 17.9. The lowest BCUT2D eigenvalue weighted by atomic mass is 9.95. The Morgan fingerprint density at radius 2 is 1.69 bits per heavy atom. The number of carbonyl (C=O) groups is 2. The summed E-state index contributed by atoms with van der Waals surface area (Å²) in [5.74, 6) is -1.47. The van der Waals surface area contributed by atoms with E-state index in [0.29, 0.717) is 29.8 Å². The zero-order chi connectivity index (χ0) is 23.3. The van der Waals surface area contributed by atoms with Gasteiger partial charge in [-0.3, -0.25) is 9.59 Å². The molecular formula is C25H29FN2O4. The minimum Gasteiger partial charge on any atom is -0.507 e. The number of nitrogens with zero attached hydrogens (tertiary/aromatic N) is 2. The Bertz CT molecular complexity index is 982. The maximum Gasteiger partial charge on any atom is 0.295 e. The average molecular weight is 441 g/mol. The van der Waals surface area contributed by atoms with Crippen molar-refractivity contribution in [1.29, 1.82) is 0 Å². The summed E-state index contributed by atoms with van der Waals surface area (Å²) in [6.45, 7) is 7.07. The van der Waals surface area contributed by atoms with Crippen LogP contribution in [-0.2, 0) is 9.59 Å². The predicted molar refractivity (Wildman–Crippen MR) is 121 cm³/mol. The van der Waals surface area contributed by atoms with Crippen molar-refractivity contribution < 1.29 is 23.8 Å². The number of aliphatic hydroxyl groups is 1. The van der Waals surface area contributed by atoms with Gasteiger partial charge in [0.25, 0.3) is 11.7 Å². The highest BCUT2D eigenvalue weighted by Gasteiger charge is 2.45. The Balaban J connectivity index is 2.01. The molecule has 1 amide bonds. The molecule has 1 N–H and O–H groups in total. The van der Waals surface area contributed by atoms with E-state index in [4.69, 9.17) is 4.74 Å². The molecule has 7 heteroatoms. The quantitative estimate of drug-likeness (QED) is 0.363. The van der Waals surface area contributed by atoms with E-state index >= 15 is 0 Å². The molecule has 0 spiro atoms. The van der Waals surface area contributed by atoms with Gasteiger partial charge in [0.15, 0.2) is 0 Å². The number of halogens is 1. The molecular weight excluding hydrogens is 411 g/mol. The molecule has 0 saturated carbocycles. The minimum atomic E-state index is -0.783. The summed E-state index contributed by atoms with van der Waals surface area (Å²) < 4.78 is 18.7. The molecule has 32 heavy (non-hydrogen) atoms. The zero-order valence-corrected chi connectivity index (χ0v) is 18.7. The molecule has 1 heterocycles. The van der Waals surface area contributed by atoms with Gasteiger partial charge in [0, 0.05) is 12.1 Å². The third kappa shape index (κ3) is 4.83. The van der Waals surface area contributed by atoms with Crippen molar-refractivity contribution in [3.05, 3.63) is 71.0 Å². The number of hydrogen-bond acceptors (Lipinski definition) is 5. The van der Waals surface area contributed by atoms with Gasteiger partial charge in [0.1, 0.15) is 17.3 Å². The number of methoxy groups -OCH3 is 1. The van der Waals surface area contributed by atoms with Crippen LogP contribution in [0.1, 0.15) is 37.4 Å². The number of amides is 1. The molecule has 1 saturated heterocycles. The van der Waals surface area contributed by atoms with Crippen molar-refractivity contribution in [3.63, 3.8) is 0 Å². The van der Waals surface area contributed by atoms with Gasteiger partial charge in [0.2, 0.25) is 0 Å². The molecule has 2 aromatic rings. The molecule has 1 atom stereocenters. The Kier molecular flexibility index (Phi) is 7.64. The number of hydrogen-bond donors (Lipinski definition) is 1. The average Bonchev–Trinajstić information content (AvgIpc) is 3.07. The van der Waals surface area contributed by atoms with Gasteiger partial charge in [-0.2, -0.15) is 0 Å². The summed E-state index contributed by atoms with van der Waals surface area (Å²) in [5.41, 5.74) is 0.983. The van der Waals surface area contributed by atoms with E-state index < -0.39 is 23.5 Å². The van der Waals surface area contributed by atoms with Crippen LogP contribution in [0.5, 0.6) is 5.75 Å². The van der Waals surface area contributed by atoms with Crippen LogP contribution >= 0.6 is 0 Å². The first-order chi connectivity index (χ1) is 15.4. The minimum absolute atomic E-state index is 0.00890. The highest BCUT2D eigenvalue weighted by Crippen LogP contribution is 2.39. The van der Waals surface area contributed by atoms with Gasteiger partial charge in [0.05, 0.1) is 18.7 Å². The molecule has 0 unspecified atom stereocenters. The van der Waals surface area contributed by atoms with E-state index in [2.05, 4.69) is 18.7 Å². The maximum atomic E-state index is 13.6. The predicted octanol–water partition coefficient (Wildman–Crippen LogP) is 3.99. The molecule has 170 valence electrons. The van der Waals surface area contributed by atoms with Crippen molar-refractivity contribution in [1.82, 2.24) is 9.80 Å². The van der Waals surface area contributed by atoms with Gasteiger partial charge >= 0.3 is 0 Å². The van der Waals surface area contributed by atoms with Gasteiger partial charge in [-0.1, -0.05) is 26.0 Å². The summed E-state index contributed by atoms with van der Waals surface area (Å²) in [4.78, 5) is 29.7. The van der Waals surface area contributed by atoms with Gasteiger partial charge in [-0.25, -0.2) is 4.39 Å². The van der Waals surface area contributed by atoms with Crippen LogP contribution in [0.3, 0.4) is 0 Å². The molecule has 1 aliphatic rings. The molecule has 1 fully saturated rings. The molecule has 6 nitrogen and oxygen atoms in total. The van der Waals surface area contributed by atoms with Crippen LogP contribution in [0.2, 0.25) is 0 Å². The van der Waals surface area contributed by atoms with E-state index in [1.807, 2.05) is 0 Å². The lowest BCUT2D eigenvalue weighted by Crippen LogP contribution is -2.33. The topological polar surface area (TPSA) is 70.1 Å². The Hall–Kier alpha value is -3.19. The Morgan fingerprint density at radius 3 is 2.25 bits per heavy atom. The third-order valence-corrected chi connectivity index (χ3v) is 5.86. The largest absolute Gasteiger partial charge is 0.507 e. The van der Waals surface area contributed by atoms with E-state index in [0.717, 1.165) is 19.6 Å². The number of rotatable bonds is 9. The standard InChI is InChI=1S/C25H29FN2O4/c1-4-27(5-2)15-6-16-28-22(17-7-11-19(26)12-8-17)21(24(30)25(28)31)23(29)18-9-13-20(32-3)14-10-18/h7-14,22,29H,4-6,15-16H2,1-3H3/t22-/m0/s1. The van der Waals surface area contributed by atoms with Gasteiger partial charge in [-0.05, 0) is 68.0 Å². The first-order valence-corrected chi connectivity index (χ1v) is 10.8. The Morgan fingerprint density at radius 1 is 1.06 bits per heavy atom. The van der Waals surface area contributed by atoms with Gasteiger partial charge in [-0.15, -0.1) is 0 Å². The van der Waals surface area contributed by atoms with E-state index in [1.165, 1.54) is 24.1 Å². The number of aliphatic hydroxyl groups excluding tert-OH is 1. The highest BCUT2D eigenvalue weighted by molar-refractivity contribution is 6.46. The molecule has 3 rings (SSSR count). The second-order valence-corrected chi connectivity index (χ2v) is 7.65. The second kappa shape index (κ2) is 10.4. The summed E-state index contributed by atoms with van der Waals surface area (Å²) >= 11 is 0. The third-order valence-electron chi connectivity index (χ3n) is 5.86. The first-order valence-electron chi connectivity index (χ1n) is 10.8. The SMILES string of the molecule is CCN(CC)CCCN1C(=O)C(=O)C(=C(O)c2ccc(OC)cc2)[C@@H]1c1ccc(F)cc1. The molecule has 0 bridgehead atoms.